The maximum absolute atomic E-state index is 3.94. The van der Waals surface area contributed by atoms with E-state index in [0.29, 0.717) is 0 Å². The molecule has 0 fully saturated rings. The third-order valence-corrected chi connectivity index (χ3v) is 2.31. The Kier molecular flexibility index (Phi) is 6.74. The molecule has 0 rings (SSSR count). The van der Waals surface area contributed by atoms with Gasteiger partial charge in [0.25, 0.3) is 0 Å². The van der Waals surface area contributed by atoms with Gasteiger partial charge in [0.05, 0.1) is 0 Å². The van der Waals surface area contributed by atoms with Crippen LogP contribution in [0.1, 0.15) is 0 Å². The van der Waals surface area contributed by atoms with Crippen molar-refractivity contribution in [3.05, 3.63) is 0 Å². The zero-order valence-electron chi connectivity index (χ0n) is 2.78. The minimum atomic E-state index is 0.169. The van der Waals surface area contributed by atoms with Gasteiger partial charge in [0.2, 0.25) is 0 Å². The summed E-state index contributed by atoms with van der Waals surface area (Å²) in [6, 6.07) is 0. The average Bonchev–Trinajstić information content (AvgIpc) is 1.41. The summed E-state index contributed by atoms with van der Waals surface area (Å²) < 4.78 is 3.94. The average molecular weight is 294 g/mol. The Labute approximate surface area is 56.4 Å². The molecule has 0 N–H and O–H groups in total. The van der Waals surface area contributed by atoms with Crippen LogP contribution in [0.2, 0.25) is 0 Å². The van der Waals surface area contributed by atoms with E-state index in [-0.39, 0.29) is 21.5 Å². The molecule has 0 aliphatic carbocycles. The van der Waals surface area contributed by atoms with Crippen LogP contribution in [0.5, 0.6) is 0 Å². The van der Waals surface area contributed by atoms with Gasteiger partial charge in [-0.05, 0) is 0 Å². The van der Waals surface area contributed by atoms with Crippen LogP contribution in [0.15, 0.2) is 3.11 Å². The van der Waals surface area contributed by atoms with E-state index < -0.39 is 0 Å². The van der Waals surface area contributed by atoms with Crippen LogP contribution in [0.4, 0.5) is 0 Å². The van der Waals surface area contributed by atoms with Crippen molar-refractivity contribution in [1.82, 2.24) is 0 Å². The molecule has 0 spiro atoms. The van der Waals surface area contributed by atoms with Crippen molar-refractivity contribution in [2.24, 2.45) is 3.11 Å². The molecule has 0 aromatic heterocycles. The number of halogens is 2. The molecule has 0 aromatic carbocycles. The second-order valence-corrected chi connectivity index (χ2v) is 2.44. The monoisotopic (exact) mass is 294 g/mol. The molecule has 0 aliphatic heterocycles. The zero-order chi connectivity index (χ0) is 4.12. The number of rotatable bonds is 1. The second kappa shape index (κ2) is 5.32. The molecule has 1 nitrogen and oxygen atoms in total. The predicted octanol–water partition coefficient (Wildman–Crippen LogP) is -2.14. The first-order valence-electron chi connectivity index (χ1n) is 1.02. The molecule has 0 saturated carbocycles. The topological polar surface area (TPSA) is 12.4 Å². The molecule has 0 heterocycles. The van der Waals surface area contributed by atoms with Crippen LogP contribution in [0.25, 0.3) is 0 Å². The van der Waals surface area contributed by atoms with Gasteiger partial charge in [0.1, 0.15) is 0 Å². The van der Waals surface area contributed by atoms with E-state index in [4.69, 9.17) is 0 Å². The Morgan fingerprint density at radius 3 is 2.60 bits per heavy atom. The number of alkyl halides is 1. The summed E-state index contributed by atoms with van der Waals surface area (Å²) in [7, 11) is 0. The second-order valence-electron chi connectivity index (χ2n) is 0.364. The molecule has 30 valence electrons. The van der Waals surface area contributed by atoms with Gasteiger partial charge in [-0.1, -0.05) is 0 Å². The summed E-state index contributed by atoms with van der Waals surface area (Å²) >= 11 is 2.29. The third kappa shape index (κ3) is 5.32. The van der Waals surface area contributed by atoms with Crippen molar-refractivity contribution in [2.45, 2.75) is 0 Å². The molecule has 0 aromatic rings. The van der Waals surface area contributed by atoms with Gasteiger partial charge < -0.3 is 0 Å². The van der Waals surface area contributed by atoms with Gasteiger partial charge in [0, 0.05) is 0 Å². The Bertz CT molecular complexity index is 36.6. The quantitative estimate of drug-likeness (QED) is 0.297. The van der Waals surface area contributed by atoms with Crippen molar-refractivity contribution in [3.8, 4) is 0 Å². The van der Waals surface area contributed by atoms with Crippen molar-refractivity contribution in [2.75, 3.05) is 4.93 Å². The molecule has 0 unspecified atom stereocenters. The first-order chi connectivity index (χ1) is 2.41. The first kappa shape index (κ1) is 6.32. The third-order valence-electron chi connectivity index (χ3n) is 0.134. The predicted molar refractivity (Wildman–Crippen MR) is 28.1 cm³/mol. The molecule has 0 saturated heterocycles. The van der Waals surface area contributed by atoms with E-state index >= 15 is 0 Å². The fraction of sp³-hybridized carbons (Fsp3) is 1.00. The summed E-state index contributed by atoms with van der Waals surface area (Å²) in [5.74, 6) is 0. The number of hydrogen-bond acceptors (Lipinski definition) is 1. The van der Waals surface area contributed by atoms with Crippen LogP contribution in [-0.4, -0.2) is 9.86 Å². The molecule has 5 heavy (non-hydrogen) atoms. The van der Waals surface area contributed by atoms with Gasteiger partial charge in [0.15, 0.2) is 0 Å². The molecule has 0 atom stereocenters. The van der Waals surface area contributed by atoms with E-state index in [0.717, 1.165) is 0 Å². The summed E-state index contributed by atoms with van der Waals surface area (Å²) in [6.07, 6.45) is 0. The van der Waals surface area contributed by atoms with Crippen LogP contribution < -0.4 is 21.5 Å². The van der Waals surface area contributed by atoms with Crippen molar-refractivity contribution >= 4 is 27.3 Å². The van der Waals surface area contributed by atoms with Crippen LogP contribution in [-0.2, 0) is 0 Å². The maximum atomic E-state index is 3.94. The molecule has 0 aliphatic rings. The van der Waals surface area contributed by atoms with Crippen LogP contribution in [0, 0.1) is 0 Å². The van der Waals surface area contributed by atoms with E-state index in [2.05, 4.69) is 30.4 Å². The Balaban J connectivity index is 2.62. The molecular formula is CH3BI2N-. The van der Waals surface area contributed by atoms with E-state index in [1.54, 1.807) is 0 Å². The number of nitrogens with zero attached hydrogens (tertiary/aromatic N) is 1. The van der Waals surface area contributed by atoms with Gasteiger partial charge >= 0.3 is 56.8 Å². The minimum absolute atomic E-state index is 0.169. The fourth-order valence-electron chi connectivity index (χ4n) is 0.0369. The molecule has 0 bridgehead atoms. The zero-order valence-corrected chi connectivity index (χ0v) is 7.10. The van der Waals surface area contributed by atoms with Crippen molar-refractivity contribution in [1.29, 1.82) is 0 Å². The van der Waals surface area contributed by atoms with Crippen molar-refractivity contribution < 1.29 is 21.5 Å². The van der Waals surface area contributed by atoms with Gasteiger partial charge in [-0.2, -0.15) is 0 Å². The van der Waals surface area contributed by atoms with E-state index in [1.807, 2.05) is 4.93 Å². The first-order valence-corrected chi connectivity index (χ1v) is 5.39. The Hall–Kier alpha value is 1.32. The van der Waals surface area contributed by atoms with E-state index in [1.165, 1.54) is 0 Å². The summed E-state index contributed by atoms with van der Waals surface area (Å²) in [5.41, 5.74) is 0. The van der Waals surface area contributed by atoms with E-state index in [9.17, 15) is 0 Å². The van der Waals surface area contributed by atoms with Gasteiger partial charge in [-0.15, -0.1) is 0 Å². The summed E-state index contributed by atoms with van der Waals surface area (Å²) in [4.78, 5) is 3.94. The SMILES string of the molecule is C[I-]N=BI. The fourth-order valence-corrected chi connectivity index (χ4v) is 1.66. The summed E-state index contributed by atoms with van der Waals surface area (Å²) in [5, 5.41) is 0. The number of hydrogen-bond donors (Lipinski definition) is 0. The molecular weight excluding hydrogens is 291 g/mol. The van der Waals surface area contributed by atoms with Crippen LogP contribution >= 0.6 is 22.4 Å². The van der Waals surface area contributed by atoms with Gasteiger partial charge in [-0.3, -0.25) is 0 Å². The molecule has 0 radical (unpaired) electrons. The normalized spacial score (nSPS) is 9.20. The van der Waals surface area contributed by atoms with Crippen LogP contribution in [0.3, 0.4) is 0 Å². The Morgan fingerprint density at radius 2 is 2.60 bits per heavy atom. The summed E-state index contributed by atoms with van der Waals surface area (Å²) in [6.45, 7) is 0. The molecule has 0 amide bonds. The standard InChI is InChI=1S/CH3BI2N/c1-4-5-2-3/h1H3/q-1. The Morgan fingerprint density at radius 1 is 2.00 bits per heavy atom. The molecule has 4 heteroatoms. The van der Waals surface area contributed by atoms with Gasteiger partial charge in [-0.25, -0.2) is 0 Å². The van der Waals surface area contributed by atoms with Crippen molar-refractivity contribution in [3.63, 3.8) is 0 Å².